The zero-order valence-electron chi connectivity index (χ0n) is 36.5. The fourth-order valence-corrected chi connectivity index (χ4v) is 11.7. The summed E-state index contributed by atoms with van der Waals surface area (Å²) in [5.74, 6) is -6.62. The van der Waals surface area contributed by atoms with Crippen molar-refractivity contribution in [1.82, 2.24) is 29.0 Å². The fraction of sp³-hybridized carbons (Fsp3) is 0.476. The summed E-state index contributed by atoms with van der Waals surface area (Å²) in [5.41, 5.74) is 10.3. The van der Waals surface area contributed by atoms with E-state index in [0.717, 1.165) is 56.1 Å². The van der Waals surface area contributed by atoms with Crippen LogP contribution in [0.25, 0.3) is 0 Å². The number of hydrogen-bond acceptors (Lipinski definition) is 16. The summed E-state index contributed by atoms with van der Waals surface area (Å²) in [4.78, 5) is 42.0. The van der Waals surface area contributed by atoms with E-state index in [1.165, 1.54) is 20.4 Å². The summed E-state index contributed by atoms with van der Waals surface area (Å²) in [7, 11) is -4.02. The van der Waals surface area contributed by atoms with Crippen LogP contribution in [-0.4, -0.2) is 115 Å². The maximum atomic E-state index is 14.3. The minimum atomic E-state index is -3.36. The normalized spacial score (nSPS) is 20.6. The molecule has 18 nitrogen and oxygen atoms in total. The first-order valence-electron chi connectivity index (χ1n) is 21.3. The number of nitrogens with two attached hydrogens (primary N) is 2. The van der Waals surface area contributed by atoms with Gasteiger partial charge in [-0.1, -0.05) is 0 Å². The number of ketones is 2. The zero-order valence-corrected chi connectivity index (χ0v) is 38.9. The van der Waals surface area contributed by atoms with Crippen molar-refractivity contribution in [3.8, 4) is 11.5 Å². The molecule has 0 radical (unpaired) electrons. The Bertz CT molecular complexity index is 2680. The summed E-state index contributed by atoms with van der Waals surface area (Å²) in [6.07, 6.45) is 8.86. The van der Waals surface area contributed by atoms with Gasteiger partial charge in [-0.05, 0) is 88.5 Å². The lowest BCUT2D eigenvalue weighted by molar-refractivity contribution is 0.102. The third-order valence-electron chi connectivity index (χ3n) is 11.7. The van der Waals surface area contributed by atoms with Crippen LogP contribution in [-0.2, 0) is 20.0 Å². The van der Waals surface area contributed by atoms with Crippen molar-refractivity contribution in [3.05, 3.63) is 82.2 Å². The van der Waals surface area contributed by atoms with Gasteiger partial charge in [0.25, 0.3) is 0 Å². The first-order valence-corrected chi connectivity index (χ1v) is 25.1. The van der Waals surface area contributed by atoms with Gasteiger partial charge in [0, 0.05) is 49.0 Å². The number of nitrogens with one attached hydrogen (secondary N) is 3. The number of aromatic nitrogens is 4. The molecular formula is C42H51ClF4N10O8S2. The SMILES string of the molecule is COc1ccc(F)c(F)c1C(=O)c1cnc(NC2CCC(N3CCCS3(=O)=O)CC2)nc1N.COc1ccc(F)c(F)c1C(=O)c1cnc(NC2CCC(NS(=O)(=O)CCCCl)CC2)nc1N. The maximum absolute atomic E-state index is 14.3. The molecule has 0 spiro atoms. The fourth-order valence-electron chi connectivity index (χ4n) is 8.23. The molecule has 0 bridgehead atoms. The second-order valence-electron chi connectivity index (χ2n) is 16.1. The van der Waals surface area contributed by atoms with Crippen LogP contribution < -0.4 is 36.3 Å². The largest absolute Gasteiger partial charge is 0.496 e. The van der Waals surface area contributed by atoms with Crippen LogP contribution in [0.2, 0.25) is 0 Å². The van der Waals surface area contributed by atoms with Crippen molar-refractivity contribution in [2.45, 2.75) is 88.4 Å². The number of benzene rings is 2. The second kappa shape index (κ2) is 22.1. The van der Waals surface area contributed by atoms with Gasteiger partial charge < -0.3 is 31.6 Å². The van der Waals surface area contributed by atoms with E-state index >= 15 is 0 Å². The van der Waals surface area contributed by atoms with E-state index in [4.69, 9.17) is 32.5 Å². The number of hydrogen-bond donors (Lipinski definition) is 5. The molecule has 2 aliphatic carbocycles. The quantitative estimate of drug-likeness (QED) is 0.0550. The van der Waals surface area contributed by atoms with Gasteiger partial charge in [0.05, 0.1) is 36.9 Å². The number of nitrogen functional groups attached to an aromatic ring is 2. The molecule has 3 fully saturated rings. The van der Waals surface area contributed by atoms with Crippen LogP contribution in [0, 0.1) is 23.3 Å². The number of carbonyl (C=O) groups excluding carboxylic acids is 2. The Hall–Kier alpha value is -5.43. The predicted octanol–water partition coefficient (Wildman–Crippen LogP) is 5.18. The molecule has 2 saturated carbocycles. The van der Waals surface area contributed by atoms with Crippen LogP contribution in [0.4, 0.5) is 41.1 Å². The summed E-state index contributed by atoms with van der Waals surface area (Å²) < 4.78 is 119. The number of alkyl halides is 1. The number of methoxy groups -OCH3 is 2. The third kappa shape index (κ3) is 12.4. The average Bonchev–Trinajstić information content (AvgIpc) is 3.66. The molecule has 4 aromatic rings. The molecule has 1 aliphatic heterocycles. The van der Waals surface area contributed by atoms with Crippen molar-refractivity contribution in [2.24, 2.45) is 0 Å². The molecule has 3 heterocycles. The first-order chi connectivity index (χ1) is 31.9. The molecule has 7 N–H and O–H groups in total. The Balaban J connectivity index is 0.000000221. The van der Waals surface area contributed by atoms with Gasteiger partial charge in [-0.15, -0.1) is 11.6 Å². The van der Waals surface area contributed by atoms with Gasteiger partial charge in [-0.25, -0.2) is 49.1 Å². The van der Waals surface area contributed by atoms with Gasteiger partial charge in [0.2, 0.25) is 43.5 Å². The third-order valence-corrected chi connectivity index (χ3v) is 15.4. The van der Waals surface area contributed by atoms with Gasteiger partial charge in [0.1, 0.15) is 34.3 Å². The highest BCUT2D eigenvalue weighted by molar-refractivity contribution is 7.89. The topological polar surface area (TPSA) is 264 Å². The van der Waals surface area contributed by atoms with Crippen LogP contribution in [0.3, 0.4) is 0 Å². The highest BCUT2D eigenvalue weighted by Crippen LogP contribution is 2.32. The molecular weight excluding hydrogens is 948 g/mol. The van der Waals surface area contributed by atoms with Crippen molar-refractivity contribution in [3.63, 3.8) is 0 Å². The number of rotatable bonds is 16. The predicted molar refractivity (Wildman–Crippen MR) is 242 cm³/mol. The van der Waals surface area contributed by atoms with E-state index in [2.05, 4.69) is 35.3 Å². The van der Waals surface area contributed by atoms with Gasteiger partial charge in [0.15, 0.2) is 23.3 Å². The van der Waals surface area contributed by atoms with E-state index < -0.39 is 66.0 Å². The average molecular weight is 1000 g/mol. The van der Waals surface area contributed by atoms with Crippen molar-refractivity contribution >= 4 is 66.7 Å². The lowest BCUT2D eigenvalue weighted by Gasteiger charge is -2.33. The minimum absolute atomic E-state index is 0.00173. The van der Waals surface area contributed by atoms with Crippen molar-refractivity contribution in [1.29, 1.82) is 0 Å². The molecule has 2 aromatic heterocycles. The van der Waals surface area contributed by atoms with E-state index in [1.54, 1.807) is 4.31 Å². The standard InChI is InChI=1S/C21H26ClF2N5O4S.C21H25F2N5O4S/c1-33-16-8-7-15(23)18(24)17(16)19(30)14-11-26-21(28-20(14)25)27-12-3-5-13(6-4-12)29-34(31,32)10-2-9-22;1-32-16-8-7-15(22)18(23)17(16)19(29)14-11-25-21(27-20(14)24)26-12-3-5-13(6-4-12)28-9-2-10-33(28,30)31/h7-8,11-13,29H,2-6,9-10H2,1H3,(H3,25,26,27,28);7-8,11-13H,2-6,9-10H2,1H3,(H3,24,25,26,27). The Kier molecular flexibility index (Phi) is 16.8. The number of halogens is 5. The molecule has 2 aromatic carbocycles. The maximum Gasteiger partial charge on any atom is 0.224 e. The van der Waals surface area contributed by atoms with E-state index in [-0.39, 0.29) is 87.7 Å². The van der Waals surface area contributed by atoms with Crippen LogP contribution in [0.5, 0.6) is 11.5 Å². The van der Waals surface area contributed by atoms with Crippen molar-refractivity contribution in [2.75, 3.05) is 60.3 Å². The van der Waals surface area contributed by atoms with Gasteiger partial charge >= 0.3 is 0 Å². The molecule has 0 atom stereocenters. The Morgan fingerprint density at radius 3 is 1.61 bits per heavy atom. The molecule has 1 saturated heterocycles. The minimum Gasteiger partial charge on any atom is -0.496 e. The highest BCUT2D eigenvalue weighted by Gasteiger charge is 2.37. The molecule has 364 valence electrons. The Labute approximate surface area is 390 Å². The molecule has 67 heavy (non-hydrogen) atoms. The summed E-state index contributed by atoms with van der Waals surface area (Å²) in [6.45, 7) is 0.580. The Morgan fingerprint density at radius 1 is 0.761 bits per heavy atom. The van der Waals surface area contributed by atoms with Crippen LogP contribution in [0.1, 0.15) is 96.1 Å². The smallest absolute Gasteiger partial charge is 0.224 e. The van der Waals surface area contributed by atoms with E-state index in [1.807, 2.05) is 0 Å². The van der Waals surface area contributed by atoms with Crippen LogP contribution >= 0.6 is 11.6 Å². The lowest BCUT2D eigenvalue weighted by Crippen LogP contribution is -2.41. The van der Waals surface area contributed by atoms with E-state index in [0.29, 0.717) is 45.1 Å². The number of ether oxygens (including phenoxy) is 2. The van der Waals surface area contributed by atoms with Crippen molar-refractivity contribution < 1.29 is 53.5 Å². The number of nitrogens with zero attached hydrogens (tertiary/aromatic N) is 5. The summed E-state index contributed by atoms with van der Waals surface area (Å²) in [5, 5.41) is 6.28. The molecule has 0 unspecified atom stereocenters. The van der Waals surface area contributed by atoms with Gasteiger partial charge in [-0.2, -0.15) is 14.3 Å². The molecule has 3 aliphatic rings. The Morgan fingerprint density at radius 2 is 1.21 bits per heavy atom. The lowest BCUT2D eigenvalue weighted by atomic mass is 9.91. The number of sulfonamides is 2. The monoisotopic (exact) mass is 998 g/mol. The molecule has 7 rings (SSSR count). The van der Waals surface area contributed by atoms with E-state index in [9.17, 15) is 44.0 Å². The van der Waals surface area contributed by atoms with Gasteiger partial charge in [-0.3, -0.25) is 9.59 Å². The number of carbonyl (C=O) groups is 2. The van der Waals surface area contributed by atoms with Crippen LogP contribution in [0.15, 0.2) is 36.7 Å². The number of anilines is 4. The second-order valence-corrected chi connectivity index (χ2v) is 20.4. The highest BCUT2D eigenvalue weighted by atomic mass is 35.5. The summed E-state index contributed by atoms with van der Waals surface area (Å²) >= 11 is 5.57. The molecule has 25 heteroatoms. The summed E-state index contributed by atoms with van der Waals surface area (Å²) in [6, 6.07) is 3.88. The molecule has 0 amide bonds. The first kappa shape index (κ1) is 51.0. The zero-order chi connectivity index (χ0) is 48.6.